The van der Waals surface area contributed by atoms with E-state index in [-0.39, 0.29) is 5.91 Å². The number of hydrogen-bond donors (Lipinski definition) is 1. The lowest BCUT2D eigenvalue weighted by molar-refractivity contribution is 0.102. The average molecular weight is 306 g/mol. The summed E-state index contributed by atoms with van der Waals surface area (Å²) in [5, 5.41) is 6.47. The third kappa shape index (κ3) is 3.40. The van der Waals surface area contributed by atoms with Crippen LogP contribution in [0.2, 0.25) is 0 Å². The Morgan fingerprint density at radius 3 is 2.81 bits per heavy atom. The van der Waals surface area contributed by atoms with Crippen molar-refractivity contribution in [2.75, 3.05) is 36.5 Å². The summed E-state index contributed by atoms with van der Waals surface area (Å²) in [5.74, 6) is -0.711. The summed E-state index contributed by atoms with van der Waals surface area (Å²) < 4.78 is 19.1. The monoisotopic (exact) mass is 306 g/mol. The number of thiophene rings is 1. The van der Waals surface area contributed by atoms with E-state index >= 15 is 0 Å². The van der Waals surface area contributed by atoms with Crippen LogP contribution in [0.4, 0.5) is 15.8 Å². The predicted octanol–water partition coefficient (Wildman–Crippen LogP) is 2.98. The predicted molar refractivity (Wildman–Crippen MR) is 81.7 cm³/mol. The average Bonchev–Trinajstić information content (AvgIpc) is 3.00. The topological polar surface area (TPSA) is 41.6 Å². The molecule has 1 saturated heterocycles. The summed E-state index contributed by atoms with van der Waals surface area (Å²) in [5.41, 5.74) is 1.76. The van der Waals surface area contributed by atoms with Crippen LogP contribution in [0.1, 0.15) is 10.4 Å². The second-order valence-electron chi connectivity index (χ2n) is 4.76. The van der Waals surface area contributed by atoms with E-state index in [2.05, 4.69) is 5.32 Å². The Hall–Kier alpha value is -1.92. The highest BCUT2D eigenvalue weighted by atomic mass is 32.1. The van der Waals surface area contributed by atoms with Crippen LogP contribution in [-0.2, 0) is 4.74 Å². The Labute approximate surface area is 126 Å². The number of anilines is 2. The van der Waals surface area contributed by atoms with E-state index in [1.165, 1.54) is 23.5 Å². The summed E-state index contributed by atoms with van der Waals surface area (Å²) in [6.45, 7) is 2.64. The molecule has 6 heteroatoms. The van der Waals surface area contributed by atoms with Gasteiger partial charge in [0.1, 0.15) is 5.82 Å². The SMILES string of the molecule is O=C(Nc1ccsc1)c1cc(F)cc(N2CCOCC2)c1. The number of carbonyl (C=O) groups is 1. The molecule has 21 heavy (non-hydrogen) atoms. The molecule has 1 aromatic carbocycles. The van der Waals surface area contributed by atoms with Crippen LogP contribution >= 0.6 is 11.3 Å². The first-order chi connectivity index (χ1) is 10.2. The largest absolute Gasteiger partial charge is 0.378 e. The summed E-state index contributed by atoms with van der Waals surface area (Å²) in [7, 11) is 0. The number of halogens is 1. The Morgan fingerprint density at radius 2 is 2.10 bits per heavy atom. The first-order valence-electron chi connectivity index (χ1n) is 6.69. The number of nitrogens with one attached hydrogen (secondary N) is 1. The lowest BCUT2D eigenvalue weighted by atomic mass is 10.1. The fraction of sp³-hybridized carbons (Fsp3) is 0.267. The van der Waals surface area contributed by atoms with Gasteiger partial charge < -0.3 is 15.0 Å². The minimum Gasteiger partial charge on any atom is -0.378 e. The van der Waals surface area contributed by atoms with Gasteiger partial charge in [0, 0.05) is 29.7 Å². The number of benzene rings is 1. The van der Waals surface area contributed by atoms with Gasteiger partial charge in [-0.15, -0.1) is 0 Å². The first kappa shape index (κ1) is 14.0. The van der Waals surface area contributed by atoms with Gasteiger partial charge in [-0.25, -0.2) is 4.39 Å². The van der Waals surface area contributed by atoms with Crippen molar-refractivity contribution in [3.63, 3.8) is 0 Å². The number of ether oxygens (including phenoxy) is 1. The smallest absolute Gasteiger partial charge is 0.255 e. The summed E-state index contributed by atoms with van der Waals surface area (Å²) in [6.07, 6.45) is 0. The summed E-state index contributed by atoms with van der Waals surface area (Å²) in [6, 6.07) is 6.24. The number of carbonyl (C=O) groups excluding carboxylic acids is 1. The molecule has 0 radical (unpaired) electrons. The molecular weight excluding hydrogens is 291 g/mol. The zero-order chi connectivity index (χ0) is 14.7. The fourth-order valence-corrected chi connectivity index (χ4v) is 2.84. The number of rotatable bonds is 3. The molecule has 0 unspecified atom stereocenters. The number of amides is 1. The van der Waals surface area contributed by atoms with Crippen LogP contribution in [0, 0.1) is 5.82 Å². The molecule has 110 valence electrons. The molecule has 0 bridgehead atoms. The van der Waals surface area contributed by atoms with E-state index in [1.54, 1.807) is 6.07 Å². The Kier molecular flexibility index (Phi) is 4.17. The molecule has 2 heterocycles. The van der Waals surface area contributed by atoms with E-state index in [1.807, 2.05) is 21.7 Å². The molecule has 0 saturated carbocycles. The van der Waals surface area contributed by atoms with E-state index in [0.29, 0.717) is 37.6 Å². The Morgan fingerprint density at radius 1 is 1.29 bits per heavy atom. The van der Waals surface area contributed by atoms with Crippen LogP contribution in [0.15, 0.2) is 35.0 Å². The Balaban J connectivity index is 1.81. The van der Waals surface area contributed by atoms with Crippen molar-refractivity contribution < 1.29 is 13.9 Å². The molecule has 0 aliphatic carbocycles. The van der Waals surface area contributed by atoms with Gasteiger partial charge in [-0.2, -0.15) is 11.3 Å². The van der Waals surface area contributed by atoms with Crippen LogP contribution in [0.5, 0.6) is 0 Å². The normalized spacial score (nSPS) is 15.0. The van der Waals surface area contributed by atoms with Gasteiger partial charge in [0.15, 0.2) is 0 Å². The quantitative estimate of drug-likeness (QED) is 0.948. The van der Waals surface area contributed by atoms with Gasteiger partial charge in [0.2, 0.25) is 0 Å². The van der Waals surface area contributed by atoms with Crippen molar-refractivity contribution in [3.05, 3.63) is 46.4 Å². The van der Waals surface area contributed by atoms with Crippen molar-refractivity contribution >= 4 is 28.6 Å². The standard InChI is InChI=1S/C15H15FN2O2S/c16-12-7-11(15(19)17-13-1-6-21-10-13)8-14(9-12)18-2-4-20-5-3-18/h1,6-10H,2-5H2,(H,17,19). The zero-order valence-corrected chi connectivity index (χ0v) is 12.2. The Bertz CT molecular complexity index is 625. The first-order valence-corrected chi connectivity index (χ1v) is 7.63. The molecule has 2 aromatic rings. The van der Waals surface area contributed by atoms with Crippen LogP contribution in [-0.4, -0.2) is 32.2 Å². The lowest BCUT2D eigenvalue weighted by Gasteiger charge is -2.29. The number of nitrogens with zero attached hydrogens (tertiary/aromatic N) is 1. The maximum Gasteiger partial charge on any atom is 0.255 e. The van der Waals surface area contributed by atoms with Crippen LogP contribution < -0.4 is 10.2 Å². The summed E-state index contributed by atoms with van der Waals surface area (Å²) in [4.78, 5) is 14.2. The van der Waals surface area contributed by atoms with Crippen LogP contribution in [0.25, 0.3) is 0 Å². The molecule has 1 aliphatic heterocycles. The molecule has 1 fully saturated rings. The minimum atomic E-state index is -0.408. The second kappa shape index (κ2) is 6.24. The van der Waals surface area contributed by atoms with Gasteiger partial charge in [-0.1, -0.05) is 0 Å². The minimum absolute atomic E-state index is 0.303. The van der Waals surface area contributed by atoms with E-state index in [4.69, 9.17) is 4.74 Å². The zero-order valence-electron chi connectivity index (χ0n) is 11.3. The molecule has 0 atom stereocenters. The fourth-order valence-electron chi connectivity index (χ4n) is 2.25. The van der Waals surface area contributed by atoms with Crippen molar-refractivity contribution in [2.45, 2.75) is 0 Å². The molecule has 1 amide bonds. The van der Waals surface area contributed by atoms with E-state index in [0.717, 1.165) is 5.69 Å². The van der Waals surface area contributed by atoms with Crippen molar-refractivity contribution in [2.24, 2.45) is 0 Å². The van der Waals surface area contributed by atoms with E-state index in [9.17, 15) is 9.18 Å². The molecule has 1 aliphatic rings. The van der Waals surface area contributed by atoms with Gasteiger partial charge >= 0.3 is 0 Å². The molecule has 4 nitrogen and oxygen atoms in total. The van der Waals surface area contributed by atoms with Gasteiger partial charge in [0.05, 0.1) is 18.9 Å². The molecule has 0 spiro atoms. The number of hydrogen-bond acceptors (Lipinski definition) is 4. The second-order valence-corrected chi connectivity index (χ2v) is 5.54. The van der Waals surface area contributed by atoms with Gasteiger partial charge in [0.25, 0.3) is 5.91 Å². The molecule has 1 aromatic heterocycles. The van der Waals surface area contributed by atoms with Crippen molar-refractivity contribution in [3.8, 4) is 0 Å². The molecule has 3 rings (SSSR count). The maximum absolute atomic E-state index is 13.8. The van der Waals surface area contributed by atoms with E-state index < -0.39 is 5.82 Å². The molecular formula is C15H15FN2O2S. The number of morpholine rings is 1. The lowest BCUT2D eigenvalue weighted by Crippen LogP contribution is -2.36. The maximum atomic E-state index is 13.8. The van der Waals surface area contributed by atoms with Gasteiger partial charge in [-0.3, -0.25) is 4.79 Å². The summed E-state index contributed by atoms with van der Waals surface area (Å²) >= 11 is 1.49. The highest BCUT2D eigenvalue weighted by Crippen LogP contribution is 2.21. The third-order valence-corrected chi connectivity index (χ3v) is 3.98. The third-order valence-electron chi connectivity index (χ3n) is 3.30. The van der Waals surface area contributed by atoms with Crippen LogP contribution in [0.3, 0.4) is 0 Å². The van der Waals surface area contributed by atoms with Gasteiger partial charge in [-0.05, 0) is 29.6 Å². The highest BCUT2D eigenvalue weighted by Gasteiger charge is 2.15. The van der Waals surface area contributed by atoms with Crippen molar-refractivity contribution in [1.29, 1.82) is 0 Å². The highest BCUT2D eigenvalue weighted by molar-refractivity contribution is 7.08. The molecule has 1 N–H and O–H groups in total. The van der Waals surface area contributed by atoms with Crippen molar-refractivity contribution in [1.82, 2.24) is 0 Å².